The third-order valence-electron chi connectivity index (χ3n) is 5.51. The van der Waals surface area contributed by atoms with E-state index in [4.69, 9.17) is 14.2 Å². The molecule has 0 bridgehead atoms. The summed E-state index contributed by atoms with van der Waals surface area (Å²) in [5, 5.41) is 0. The molecule has 1 saturated heterocycles. The van der Waals surface area contributed by atoms with Crippen LogP contribution in [-0.4, -0.2) is 50.2 Å². The first-order valence-electron chi connectivity index (χ1n) is 9.32. The van der Waals surface area contributed by atoms with Crippen LogP contribution in [0.4, 0.5) is 0 Å². The zero-order valence-electron chi connectivity index (χ0n) is 15.5. The fourth-order valence-electron chi connectivity index (χ4n) is 4.19. The number of methoxy groups -OCH3 is 2. The normalized spacial score (nSPS) is 22.3. The highest BCUT2D eigenvalue weighted by atomic mass is 16.5. The van der Waals surface area contributed by atoms with Gasteiger partial charge in [-0.25, -0.2) is 4.79 Å². The number of benzene rings is 1. The van der Waals surface area contributed by atoms with Gasteiger partial charge >= 0.3 is 5.97 Å². The number of carbonyl (C=O) groups excluding carboxylic acids is 2. The number of rotatable bonds is 5. The molecule has 2 atom stereocenters. The number of hydrogen-bond acceptors (Lipinski definition) is 5. The molecule has 6 heteroatoms. The Balaban J connectivity index is 1.59. The lowest BCUT2D eigenvalue weighted by molar-refractivity contribution is -0.140. The smallest absolute Gasteiger partial charge is 0.338 e. The number of ether oxygens (including phenoxy) is 3. The molecule has 0 N–H and O–H groups in total. The van der Waals surface area contributed by atoms with Crippen LogP contribution < -0.4 is 9.47 Å². The molecule has 2 fully saturated rings. The van der Waals surface area contributed by atoms with Gasteiger partial charge in [-0.1, -0.05) is 12.8 Å². The Bertz CT molecular complexity index is 658. The summed E-state index contributed by atoms with van der Waals surface area (Å²) in [6.07, 6.45) is 6.96. The zero-order chi connectivity index (χ0) is 18.5. The van der Waals surface area contributed by atoms with Crippen molar-refractivity contribution < 1.29 is 23.8 Å². The zero-order valence-corrected chi connectivity index (χ0v) is 15.5. The summed E-state index contributed by atoms with van der Waals surface area (Å²) in [6, 6.07) is 5.13. The first-order valence-corrected chi connectivity index (χ1v) is 9.32. The molecule has 0 spiro atoms. The summed E-state index contributed by atoms with van der Waals surface area (Å²) < 4.78 is 15.6. The summed E-state index contributed by atoms with van der Waals surface area (Å²) in [5.74, 6) is 0.987. The molecule has 3 rings (SSSR count). The Hall–Kier alpha value is -2.24. The van der Waals surface area contributed by atoms with Gasteiger partial charge in [-0.3, -0.25) is 4.79 Å². The van der Waals surface area contributed by atoms with Gasteiger partial charge < -0.3 is 19.1 Å². The van der Waals surface area contributed by atoms with Crippen molar-refractivity contribution in [2.45, 2.75) is 44.6 Å². The minimum Gasteiger partial charge on any atom is -0.493 e. The van der Waals surface area contributed by atoms with Gasteiger partial charge in [-0.05, 0) is 49.8 Å². The minimum absolute atomic E-state index is 0.0876. The van der Waals surface area contributed by atoms with Gasteiger partial charge in [0.1, 0.15) is 0 Å². The summed E-state index contributed by atoms with van der Waals surface area (Å²) in [7, 11) is 3.04. The second kappa shape index (κ2) is 8.43. The molecule has 0 unspecified atom stereocenters. The number of fused-ring (bicyclic) bond motifs is 1. The van der Waals surface area contributed by atoms with Crippen LogP contribution in [0.15, 0.2) is 18.2 Å². The van der Waals surface area contributed by atoms with Crippen molar-refractivity contribution in [2.24, 2.45) is 5.92 Å². The van der Waals surface area contributed by atoms with E-state index in [1.54, 1.807) is 18.2 Å². The predicted molar refractivity (Wildman–Crippen MR) is 96.5 cm³/mol. The molecule has 26 heavy (non-hydrogen) atoms. The van der Waals surface area contributed by atoms with Crippen LogP contribution in [0.3, 0.4) is 0 Å². The average molecular weight is 361 g/mol. The molecule has 6 nitrogen and oxygen atoms in total. The molecular weight excluding hydrogens is 334 g/mol. The van der Waals surface area contributed by atoms with E-state index in [1.807, 2.05) is 4.90 Å². The molecule has 1 amide bonds. The van der Waals surface area contributed by atoms with E-state index >= 15 is 0 Å². The Morgan fingerprint density at radius 2 is 1.77 bits per heavy atom. The SMILES string of the molecule is COc1ccc(C(=O)OCC(=O)N2CCC[C@@H]3CCCC[C@@H]32)cc1OC. The quantitative estimate of drug-likeness (QED) is 0.754. The van der Waals surface area contributed by atoms with Crippen molar-refractivity contribution in [3.8, 4) is 11.5 Å². The van der Waals surface area contributed by atoms with E-state index in [9.17, 15) is 9.59 Å². The van der Waals surface area contributed by atoms with Crippen molar-refractivity contribution in [3.63, 3.8) is 0 Å². The summed E-state index contributed by atoms with van der Waals surface area (Å²) in [6.45, 7) is 0.560. The minimum atomic E-state index is -0.531. The van der Waals surface area contributed by atoms with Gasteiger partial charge in [-0.15, -0.1) is 0 Å². The lowest BCUT2D eigenvalue weighted by Crippen LogP contribution is -2.50. The van der Waals surface area contributed by atoms with Crippen LogP contribution in [0, 0.1) is 5.92 Å². The highest BCUT2D eigenvalue weighted by Gasteiger charge is 2.35. The molecule has 1 heterocycles. The fourth-order valence-corrected chi connectivity index (χ4v) is 4.19. The molecule has 1 aromatic rings. The van der Waals surface area contributed by atoms with Crippen LogP contribution in [0.25, 0.3) is 0 Å². The first kappa shape index (κ1) is 18.5. The second-order valence-corrected chi connectivity index (χ2v) is 6.99. The number of likely N-dealkylation sites (tertiary alicyclic amines) is 1. The third-order valence-corrected chi connectivity index (χ3v) is 5.51. The lowest BCUT2D eigenvalue weighted by Gasteiger charge is -2.44. The fraction of sp³-hybridized carbons (Fsp3) is 0.600. The number of nitrogens with zero attached hydrogens (tertiary/aromatic N) is 1. The number of amides is 1. The molecule has 1 aliphatic carbocycles. The predicted octanol–water partition coefficient (Wildman–Crippen LogP) is 3.04. The van der Waals surface area contributed by atoms with Crippen molar-refractivity contribution >= 4 is 11.9 Å². The van der Waals surface area contributed by atoms with Crippen LogP contribution in [0.1, 0.15) is 48.9 Å². The molecule has 1 saturated carbocycles. The van der Waals surface area contributed by atoms with Gasteiger partial charge in [0.2, 0.25) is 0 Å². The summed E-state index contributed by atoms with van der Waals surface area (Å²) >= 11 is 0. The molecule has 0 radical (unpaired) electrons. The van der Waals surface area contributed by atoms with E-state index in [1.165, 1.54) is 39.9 Å². The van der Waals surface area contributed by atoms with Crippen molar-refractivity contribution in [1.82, 2.24) is 4.90 Å². The van der Waals surface area contributed by atoms with Gasteiger partial charge in [0, 0.05) is 12.6 Å². The van der Waals surface area contributed by atoms with Gasteiger partial charge in [0.25, 0.3) is 5.91 Å². The van der Waals surface area contributed by atoms with E-state index < -0.39 is 5.97 Å². The van der Waals surface area contributed by atoms with Crippen molar-refractivity contribution in [2.75, 3.05) is 27.4 Å². The Morgan fingerprint density at radius 1 is 1.04 bits per heavy atom. The molecule has 1 aliphatic heterocycles. The molecule has 142 valence electrons. The van der Waals surface area contributed by atoms with E-state index in [-0.39, 0.29) is 12.5 Å². The van der Waals surface area contributed by atoms with Crippen LogP contribution >= 0.6 is 0 Å². The topological polar surface area (TPSA) is 65.1 Å². The maximum Gasteiger partial charge on any atom is 0.338 e. The summed E-state index contributed by atoms with van der Waals surface area (Å²) in [4.78, 5) is 26.8. The third kappa shape index (κ3) is 3.94. The summed E-state index contributed by atoms with van der Waals surface area (Å²) in [5.41, 5.74) is 0.338. The number of piperidine rings is 1. The maximum atomic E-state index is 12.6. The monoisotopic (exact) mass is 361 g/mol. The molecule has 1 aromatic carbocycles. The van der Waals surface area contributed by atoms with Gasteiger partial charge in [0.05, 0.1) is 19.8 Å². The van der Waals surface area contributed by atoms with E-state index in [0.29, 0.717) is 29.0 Å². The second-order valence-electron chi connectivity index (χ2n) is 6.99. The first-order chi connectivity index (χ1) is 12.6. The van der Waals surface area contributed by atoms with Crippen LogP contribution in [0.2, 0.25) is 0 Å². The van der Waals surface area contributed by atoms with Gasteiger partial charge in [-0.2, -0.15) is 0 Å². The largest absolute Gasteiger partial charge is 0.493 e. The van der Waals surface area contributed by atoms with Crippen molar-refractivity contribution in [3.05, 3.63) is 23.8 Å². The Labute approximate surface area is 154 Å². The van der Waals surface area contributed by atoms with Crippen molar-refractivity contribution in [1.29, 1.82) is 0 Å². The molecule has 2 aliphatic rings. The van der Waals surface area contributed by atoms with Gasteiger partial charge in [0.15, 0.2) is 18.1 Å². The number of hydrogen-bond donors (Lipinski definition) is 0. The maximum absolute atomic E-state index is 12.6. The highest BCUT2D eigenvalue weighted by molar-refractivity contribution is 5.92. The number of esters is 1. The highest BCUT2D eigenvalue weighted by Crippen LogP contribution is 2.35. The standard InChI is InChI=1S/C20H27NO5/c1-24-17-10-9-15(12-18(17)25-2)20(23)26-13-19(22)21-11-5-7-14-6-3-4-8-16(14)21/h9-10,12,14,16H,3-8,11,13H2,1-2H3/t14-,16-/m0/s1. The van der Waals surface area contributed by atoms with Crippen LogP contribution in [-0.2, 0) is 9.53 Å². The van der Waals surface area contributed by atoms with E-state index in [0.717, 1.165) is 19.4 Å². The Kier molecular flexibility index (Phi) is 6.01. The van der Waals surface area contributed by atoms with Crippen LogP contribution in [0.5, 0.6) is 11.5 Å². The lowest BCUT2D eigenvalue weighted by atomic mass is 9.78. The molecular formula is C20H27NO5. The Morgan fingerprint density at radius 3 is 2.54 bits per heavy atom. The average Bonchev–Trinajstić information content (AvgIpc) is 2.70. The molecule has 0 aromatic heterocycles. The number of carbonyl (C=O) groups is 2. The van der Waals surface area contributed by atoms with E-state index in [2.05, 4.69) is 0 Å².